The zero-order chi connectivity index (χ0) is 11.1. The number of hydrogen-bond donors (Lipinski definition) is 1. The van der Waals surface area contributed by atoms with E-state index in [-0.39, 0.29) is 12.6 Å². The molecule has 82 valence electrons. The second kappa shape index (κ2) is 3.31. The van der Waals surface area contributed by atoms with E-state index in [0.717, 1.165) is 5.56 Å². The Labute approximate surface area is 95.7 Å². The molecule has 2 heterocycles. The molecule has 0 unspecified atom stereocenters. The van der Waals surface area contributed by atoms with Crippen LogP contribution in [0.5, 0.6) is 11.5 Å². The summed E-state index contributed by atoms with van der Waals surface area (Å²) in [6, 6.07) is 5.36. The van der Waals surface area contributed by atoms with Crippen LogP contribution in [0.3, 0.4) is 0 Å². The van der Waals surface area contributed by atoms with Gasteiger partial charge in [0.15, 0.2) is 23.1 Å². The van der Waals surface area contributed by atoms with Gasteiger partial charge in [-0.25, -0.2) is 0 Å². The van der Waals surface area contributed by atoms with Crippen LogP contribution in [0, 0.1) is 0 Å². The average molecular weight is 239 g/mol. The van der Waals surface area contributed by atoms with E-state index >= 15 is 0 Å². The van der Waals surface area contributed by atoms with E-state index in [2.05, 4.69) is 5.16 Å². The van der Waals surface area contributed by atoms with Crippen LogP contribution in [0.15, 0.2) is 22.7 Å². The summed E-state index contributed by atoms with van der Waals surface area (Å²) < 4.78 is 15.5. The van der Waals surface area contributed by atoms with E-state index in [0.29, 0.717) is 22.3 Å². The molecule has 1 aromatic heterocycles. The Kier molecular flexibility index (Phi) is 1.94. The quantitative estimate of drug-likeness (QED) is 0.826. The largest absolute Gasteiger partial charge is 0.454 e. The van der Waals surface area contributed by atoms with Gasteiger partial charge in [-0.3, -0.25) is 0 Å². The Balaban J connectivity index is 2.10. The first-order valence-electron chi connectivity index (χ1n) is 4.56. The van der Waals surface area contributed by atoms with Gasteiger partial charge in [0, 0.05) is 5.56 Å². The van der Waals surface area contributed by atoms with Gasteiger partial charge >= 0.3 is 0 Å². The van der Waals surface area contributed by atoms with Gasteiger partial charge in [-0.15, -0.1) is 0 Å². The van der Waals surface area contributed by atoms with Crippen LogP contribution < -0.4 is 15.2 Å². The number of nitrogen functional groups attached to an aromatic ring is 1. The molecular weight excluding hydrogens is 232 g/mol. The monoisotopic (exact) mass is 238 g/mol. The van der Waals surface area contributed by atoms with Crippen molar-refractivity contribution in [2.75, 3.05) is 12.5 Å². The van der Waals surface area contributed by atoms with Crippen LogP contribution in [0.25, 0.3) is 11.3 Å². The molecule has 0 bridgehead atoms. The van der Waals surface area contributed by atoms with Crippen molar-refractivity contribution in [3.05, 3.63) is 23.2 Å². The van der Waals surface area contributed by atoms with Crippen molar-refractivity contribution in [2.45, 2.75) is 0 Å². The molecule has 0 amide bonds. The molecular formula is C10H7ClN2O3. The minimum Gasteiger partial charge on any atom is -0.454 e. The van der Waals surface area contributed by atoms with Crippen molar-refractivity contribution in [2.24, 2.45) is 0 Å². The lowest BCUT2D eigenvalue weighted by Crippen LogP contribution is -1.92. The number of rotatable bonds is 1. The molecule has 3 rings (SSSR count). The highest BCUT2D eigenvalue weighted by Gasteiger charge is 2.18. The van der Waals surface area contributed by atoms with Crippen LogP contribution in [0.4, 0.5) is 5.82 Å². The van der Waals surface area contributed by atoms with E-state index in [1.165, 1.54) is 0 Å². The number of hydrogen-bond acceptors (Lipinski definition) is 5. The van der Waals surface area contributed by atoms with Crippen LogP contribution in [-0.4, -0.2) is 11.9 Å². The van der Waals surface area contributed by atoms with E-state index in [9.17, 15) is 0 Å². The Morgan fingerprint density at radius 3 is 2.81 bits per heavy atom. The van der Waals surface area contributed by atoms with Gasteiger partial charge < -0.3 is 19.7 Å². The van der Waals surface area contributed by atoms with Crippen molar-refractivity contribution >= 4 is 17.4 Å². The molecule has 0 saturated heterocycles. The SMILES string of the molecule is Nc1noc(-c2ccc3c(c2)OCO3)c1Cl. The number of aromatic nitrogens is 1. The minimum absolute atomic E-state index is 0.175. The van der Waals surface area contributed by atoms with Gasteiger partial charge in [-0.2, -0.15) is 0 Å². The summed E-state index contributed by atoms with van der Waals surface area (Å²) in [5.74, 6) is 1.96. The van der Waals surface area contributed by atoms with E-state index in [4.69, 9.17) is 31.3 Å². The van der Waals surface area contributed by atoms with Crippen molar-refractivity contribution in [1.82, 2.24) is 5.16 Å². The first kappa shape index (κ1) is 9.35. The molecule has 0 radical (unpaired) electrons. The lowest BCUT2D eigenvalue weighted by atomic mass is 10.1. The van der Waals surface area contributed by atoms with Crippen LogP contribution in [0.1, 0.15) is 0 Å². The zero-order valence-electron chi connectivity index (χ0n) is 8.07. The summed E-state index contributed by atoms with van der Waals surface area (Å²) in [5.41, 5.74) is 6.25. The molecule has 0 saturated carbocycles. The number of anilines is 1. The molecule has 6 heteroatoms. The Bertz CT molecular complexity index is 553. The molecule has 0 fully saturated rings. The first-order chi connectivity index (χ1) is 7.75. The van der Waals surface area contributed by atoms with Gasteiger partial charge in [0.05, 0.1) is 0 Å². The van der Waals surface area contributed by atoms with Crippen LogP contribution in [0.2, 0.25) is 5.02 Å². The second-order valence-corrected chi connectivity index (χ2v) is 3.66. The molecule has 0 spiro atoms. The summed E-state index contributed by atoms with van der Waals surface area (Å²) in [5, 5.41) is 3.89. The Morgan fingerprint density at radius 1 is 1.25 bits per heavy atom. The molecule has 0 atom stereocenters. The molecule has 2 N–H and O–H groups in total. The summed E-state index contributed by atoms with van der Waals surface area (Å²) in [6.45, 7) is 0.227. The van der Waals surface area contributed by atoms with Crippen LogP contribution in [-0.2, 0) is 0 Å². The summed E-state index contributed by atoms with van der Waals surface area (Å²) in [4.78, 5) is 0. The lowest BCUT2D eigenvalue weighted by molar-refractivity contribution is 0.174. The second-order valence-electron chi connectivity index (χ2n) is 3.28. The van der Waals surface area contributed by atoms with Crippen LogP contribution >= 0.6 is 11.6 Å². The fourth-order valence-corrected chi connectivity index (χ4v) is 1.69. The highest BCUT2D eigenvalue weighted by molar-refractivity contribution is 6.35. The van der Waals surface area contributed by atoms with Gasteiger partial charge in [0.2, 0.25) is 6.79 Å². The van der Waals surface area contributed by atoms with E-state index < -0.39 is 0 Å². The number of ether oxygens (including phenoxy) is 2. The highest BCUT2D eigenvalue weighted by Crippen LogP contribution is 2.39. The molecule has 1 aliphatic rings. The predicted octanol–water partition coefficient (Wildman–Crippen LogP) is 2.31. The fourth-order valence-electron chi connectivity index (χ4n) is 1.51. The number of halogens is 1. The van der Waals surface area contributed by atoms with Gasteiger partial charge in [0.1, 0.15) is 5.02 Å². The van der Waals surface area contributed by atoms with Crippen molar-refractivity contribution in [1.29, 1.82) is 0 Å². The molecule has 1 aliphatic heterocycles. The maximum absolute atomic E-state index is 5.94. The van der Waals surface area contributed by atoms with Gasteiger partial charge in [0.25, 0.3) is 0 Å². The third kappa shape index (κ3) is 1.29. The summed E-state index contributed by atoms with van der Waals surface area (Å²) in [6.07, 6.45) is 0. The van der Waals surface area contributed by atoms with Crippen molar-refractivity contribution in [3.63, 3.8) is 0 Å². The maximum Gasteiger partial charge on any atom is 0.231 e. The van der Waals surface area contributed by atoms with Gasteiger partial charge in [-0.05, 0) is 18.2 Å². The fraction of sp³-hybridized carbons (Fsp3) is 0.100. The third-order valence-electron chi connectivity index (χ3n) is 2.29. The summed E-state index contributed by atoms with van der Waals surface area (Å²) in [7, 11) is 0. The average Bonchev–Trinajstić information content (AvgIpc) is 2.86. The van der Waals surface area contributed by atoms with Gasteiger partial charge in [-0.1, -0.05) is 16.8 Å². The first-order valence-corrected chi connectivity index (χ1v) is 4.94. The summed E-state index contributed by atoms with van der Waals surface area (Å²) >= 11 is 5.94. The molecule has 16 heavy (non-hydrogen) atoms. The topological polar surface area (TPSA) is 70.5 Å². The van der Waals surface area contributed by atoms with E-state index in [1.54, 1.807) is 18.2 Å². The maximum atomic E-state index is 5.94. The third-order valence-corrected chi connectivity index (χ3v) is 2.66. The van der Waals surface area contributed by atoms with E-state index in [1.807, 2.05) is 0 Å². The normalized spacial score (nSPS) is 13.1. The van der Waals surface area contributed by atoms with Crippen molar-refractivity contribution in [3.8, 4) is 22.8 Å². The minimum atomic E-state index is 0.175. The number of nitrogens with two attached hydrogens (primary N) is 1. The molecule has 2 aromatic rings. The molecule has 1 aromatic carbocycles. The van der Waals surface area contributed by atoms with Crippen molar-refractivity contribution < 1.29 is 14.0 Å². The Hall–Kier alpha value is -1.88. The standard InChI is InChI=1S/C10H7ClN2O3/c11-8-9(16-13-10(8)12)5-1-2-6-7(3-5)15-4-14-6/h1-3H,4H2,(H2,12,13). The zero-order valence-corrected chi connectivity index (χ0v) is 8.82. The molecule has 0 aliphatic carbocycles. The lowest BCUT2D eigenvalue weighted by Gasteiger charge is -1.99. The number of nitrogens with zero attached hydrogens (tertiary/aromatic N) is 1. The number of fused-ring (bicyclic) bond motifs is 1. The highest BCUT2D eigenvalue weighted by atomic mass is 35.5. The number of benzene rings is 1. The molecule has 5 nitrogen and oxygen atoms in total. The smallest absolute Gasteiger partial charge is 0.231 e. The Morgan fingerprint density at radius 2 is 2.06 bits per heavy atom. The predicted molar refractivity (Wildman–Crippen MR) is 57.5 cm³/mol.